The summed E-state index contributed by atoms with van der Waals surface area (Å²) in [5.41, 5.74) is 6.43. The van der Waals surface area contributed by atoms with Crippen molar-refractivity contribution in [3.05, 3.63) is 0 Å². The molecule has 1 aliphatic rings. The fourth-order valence-corrected chi connectivity index (χ4v) is 1.33. The van der Waals surface area contributed by atoms with E-state index in [0.29, 0.717) is 0 Å². The van der Waals surface area contributed by atoms with Crippen molar-refractivity contribution in [1.82, 2.24) is 0 Å². The zero-order valence-electron chi connectivity index (χ0n) is 7.26. The molecule has 1 rings (SSSR count). The van der Waals surface area contributed by atoms with Gasteiger partial charge < -0.3 is 10.6 Å². The van der Waals surface area contributed by atoms with Crippen molar-refractivity contribution in [3.63, 3.8) is 0 Å². The molecular weight excluding hydrogens is 156 g/mol. The SMILES string of the molecule is CON=C1CC[NH+](C(=N)N)CC1. The summed E-state index contributed by atoms with van der Waals surface area (Å²) in [4.78, 5) is 5.72. The van der Waals surface area contributed by atoms with Gasteiger partial charge in [-0.05, 0) is 0 Å². The van der Waals surface area contributed by atoms with Crippen LogP contribution in [0.15, 0.2) is 5.16 Å². The average molecular weight is 171 g/mol. The number of oxime groups is 1. The molecule has 12 heavy (non-hydrogen) atoms. The van der Waals surface area contributed by atoms with Crippen molar-refractivity contribution in [1.29, 1.82) is 5.41 Å². The minimum Gasteiger partial charge on any atom is -0.399 e. The maximum absolute atomic E-state index is 7.23. The van der Waals surface area contributed by atoms with Crippen LogP contribution in [0.5, 0.6) is 0 Å². The molecule has 1 heterocycles. The van der Waals surface area contributed by atoms with Crippen molar-refractivity contribution in [2.45, 2.75) is 12.8 Å². The molecule has 0 aromatic heterocycles. The molecule has 0 saturated carbocycles. The van der Waals surface area contributed by atoms with Crippen LogP contribution in [0, 0.1) is 5.41 Å². The molecular formula is C7H15N4O+. The summed E-state index contributed by atoms with van der Waals surface area (Å²) in [6.07, 6.45) is 1.76. The molecule has 1 fully saturated rings. The largest absolute Gasteiger partial charge is 0.399 e. The highest BCUT2D eigenvalue weighted by Gasteiger charge is 2.20. The molecule has 68 valence electrons. The summed E-state index contributed by atoms with van der Waals surface area (Å²) in [5.74, 6) is 0.228. The molecule has 5 heteroatoms. The second-order valence-corrected chi connectivity index (χ2v) is 2.86. The molecule has 0 radical (unpaired) electrons. The van der Waals surface area contributed by atoms with Crippen LogP contribution in [0.2, 0.25) is 0 Å². The Kier molecular flexibility index (Phi) is 3.04. The zero-order chi connectivity index (χ0) is 8.97. The summed E-state index contributed by atoms with van der Waals surface area (Å²) in [6.45, 7) is 1.72. The van der Waals surface area contributed by atoms with Crippen LogP contribution in [0.25, 0.3) is 0 Å². The van der Waals surface area contributed by atoms with Gasteiger partial charge in [-0.3, -0.25) is 4.90 Å². The number of hydrogen-bond acceptors (Lipinski definition) is 3. The predicted molar refractivity (Wildman–Crippen MR) is 46.3 cm³/mol. The Balaban J connectivity index is 2.39. The molecule has 0 atom stereocenters. The van der Waals surface area contributed by atoms with Gasteiger partial charge in [-0.25, -0.2) is 5.41 Å². The fourth-order valence-electron chi connectivity index (χ4n) is 1.33. The normalized spacial score (nSPS) is 23.4. The number of rotatable bonds is 1. The van der Waals surface area contributed by atoms with E-state index < -0.39 is 0 Å². The van der Waals surface area contributed by atoms with Gasteiger partial charge in [0, 0.05) is 12.8 Å². The Morgan fingerprint density at radius 1 is 1.58 bits per heavy atom. The second-order valence-electron chi connectivity index (χ2n) is 2.86. The van der Waals surface area contributed by atoms with Gasteiger partial charge in [0.1, 0.15) is 7.11 Å². The van der Waals surface area contributed by atoms with Crippen molar-refractivity contribution in [3.8, 4) is 0 Å². The van der Waals surface area contributed by atoms with Gasteiger partial charge in [0.25, 0.3) is 5.96 Å². The van der Waals surface area contributed by atoms with Crippen LogP contribution in [0.3, 0.4) is 0 Å². The number of likely N-dealkylation sites (tertiary alicyclic amines) is 1. The first-order chi connectivity index (χ1) is 5.74. The van der Waals surface area contributed by atoms with E-state index >= 15 is 0 Å². The molecule has 5 nitrogen and oxygen atoms in total. The Morgan fingerprint density at radius 3 is 2.58 bits per heavy atom. The van der Waals surface area contributed by atoms with Gasteiger partial charge >= 0.3 is 0 Å². The Labute approximate surface area is 71.7 Å². The first kappa shape index (κ1) is 8.99. The van der Waals surface area contributed by atoms with Gasteiger partial charge in [-0.15, -0.1) is 0 Å². The lowest BCUT2D eigenvalue weighted by Crippen LogP contribution is -3.17. The van der Waals surface area contributed by atoms with Gasteiger partial charge in [0.05, 0.1) is 18.8 Å². The molecule has 0 bridgehead atoms. The van der Waals surface area contributed by atoms with E-state index in [1.165, 1.54) is 0 Å². The Morgan fingerprint density at radius 2 is 2.17 bits per heavy atom. The molecule has 1 saturated heterocycles. The minimum absolute atomic E-state index is 0.228. The number of guanidine groups is 1. The summed E-state index contributed by atoms with van der Waals surface area (Å²) in [5, 5.41) is 11.1. The van der Waals surface area contributed by atoms with Crippen molar-refractivity contribution in [2.75, 3.05) is 20.2 Å². The third kappa shape index (κ3) is 2.20. The monoisotopic (exact) mass is 171 g/mol. The molecule has 0 aromatic carbocycles. The maximum Gasteiger partial charge on any atom is 0.290 e. The maximum atomic E-state index is 7.23. The standard InChI is InChI=1S/C7H14N4O/c1-12-10-6-2-4-11(5-3-6)7(8)9/h2-5H2,1H3,(H3,8,9)/p+1. The van der Waals surface area contributed by atoms with Gasteiger partial charge in [0.15, 0.2) is 0 Å². The van der Waals surface area contributed by atoms with Crippen LogP contribution in [-0.4, -0.2) is 31.9 Å². The van der Waals surface area contributed by atoms with Gasteiger partial charge in [-0.1, -0.05) is 5.16 Å². The average Bonchev–Trinajstić information content (AvgIpc) is 2.06. The fraction of sp³-hybridized carbons (Fsp3) is 0.714. The summed E-state index contributed by atoms with van der Waals surface area (Å²) < 4.78 is 0. The zero-order valence-corrected chi connectivity index (χ0v) is 7.26. The van der Waals surface area contributed by atoms with E-state index in [0.717, 1.165) is 36.5 Å². The quantitative estimate of drug-likeness (QED) is 0.257. The first-order valence-electron chi connectivity index (χ1n) is 4.02. The molecule has 0 unspecified atom stereocenters. The molecule has 4 N–H and O–H groups in total. The molecule has 0 amide bonds. The highest BCUT2D eigenvalue weighted by atomic mass is 16.6. The van der Waals surface area contributed by atoms with Crippen molar-refractivity contribution < 1.29 is 9.74 Å². The predicted octanol–water partition coefficient (Wildman–Crippen LogP) is -1.44. The number of nitrogens with zero attached hydrogens (tertiary/aromatic N) is 1. The number of hydrogen-bond donors (Lipinski definition) is 3. The lowest BCUT2D eigenvalue weighted by molar-refractivity contribution is -0.809. The number of nitrogens with two attached hydrogens (primary N) is 1. The van der Waals surface area contributed by atoms with Crippen LogP contribution in [-0.2, 0) is 4.84 Å². The second kappa shape index (κ2) is 4.06. The molecule has 0 aromatic rings. The molecule has 1 aliphatic heterocycles. The van der Waals surface area contributed by atoms with E-state index in [9.17, 15) is 0 Å². The van der Waals surface area contributed by atoms with Crippen LogP contribution < -0.4 is 10.6 Å². The van der Waals surface area contributed by atoms with Gasteiger partial charge in [0.2, 0.25) is 0 Å². The first-order valence-corrected chi connectivity index (χ1v) is 4.02. The van der Waals surface area contributed by atoms with Crippen LogP contribution in [0.1, 0.15) is 12.8 Å². The number of nitrogens with one attached hydrogen (secondary N) is 2. The Hall–Kier alpha value is -1.10. The third-order valence-corrected chi connectivity index (χ3v) is 2.03. The smallest absolute Gasteiger partial charge is 0.290 e. The lowest BCUT2D eigenvalue weighted by atomic mass is 10.1. The van der Waals surface area contributed by atoms with E-state index in [4.69, 9.17) is 11.1 Å². The number of quaternary nitrogens is 1. The van der Waals surface area contributed by atoms with Crippen LogP contribution in [0.4, 0.5) is 0 Å². The molecule has 0 aliphatic carbocycles. The third-order valence-electron chi connectivity index (χ3n) is 2.03. The lowest BCUT2D eigenvalue weighted by Gasteiger charge is -2.21. The van der Waals surface area contributed by atoms with E-state index in [-0.39, 0.29) is 5.96 Å². The van der Waals surface area contributed by atoms with E-state index in [2.05, 4.69) is 9.99 Å². The highest BCUT2D eigenvalue weighted by Crippen LogP contribution is 1.94. The summed E-state index contributed by atoms with van der Waals surface area (Å²) >= 11 is 0. The van der Waals surface area contributed by atoms with E-state index in [1.807, 2.05) is 0 Å². The van der Waals surface area contributed by atoms with Crippen molar-refractivity contribution >= 4 is 11.7 Å². The summed E-state index contributed by atoms with van der Waals surface area (Å²) in [7, 11) is 1.55. The van der Waals surface area contributed by atoms with Gasteiger partial charge in [-0.2, -0.15) is 0 Å². The highest BCUT2D eigenvalue weighted by molar-refractivity contribution is 5.85. The minimum atomic E-state index is 0.228. The molecule has 0 spiro atoms. The summed E-state index contributed by atoms with van der Waals surface area (Å²) in [6, 6.07) is 0. The van der Waals surface area contributed by atoms with E-state index in [1.54, 1.807) is 7.11 Å². The number of piperidine rings is 1. The Bertz CT molecular complexity index is 192. The topological polar surface area (TPSA) is 75.9 Å². The van der Waals surface area contributed by atoms with Crippen molar-refractivity contribution in [2.24, 2.45) is 10.9 Å². The van der Waals surface area contributed by atoms with Crippen LogP contribution >= 0.6 is 0 Å².